The maximum absolute atomic E-state index is 12.4. The second-order valence-electron chi connectivity index (χ2n) is 7.44. The van der Waals surface area contributed by atoms with E-state index < -0.39 is 33.6 Å². The lowest BCUT2D eigenvalue weighted by atomic mass is 10.1. The molecule has 3 aromatic rings. The minimum Gasteiger partial charge on any atom is -0.448 e. The highest BCUT2D eigenvalue weighted by Gasteiger charge is 2.21. The van der Waals surface area contributed by atoms with Crippen LogP contribution in [0, 0.1) is 0 Å². The maximum Gasteiger partial charge on any atom is 0.355 e. The van der Waals surface area contributed by atoms with Crippen LogP contribution in [0.4, 0.5) is 5.69 Å². The van der Waals surface area contributed by atoms with E-state index in [1.54, 1.807) is 38.1 Å². The number of benzene rings is 2. The van der Waals surface area contributed by atoms with Crippen molar-refractivity contribution >= 4 is 38.4 Å². The summed E-state index contributed by atoms with van der Waals surface area (Å²) in [6.45, 7) is 4.81. The molecule has 9 nitrogen and oxygen atoms in total. The summed E-state index contributed by atoms with van der Waals surface area (Å²) >= 11 is 0. The molecule has 0 unspecified atom stereocenters. The molecule has 0 fully saturated rings. The fourth-order valence-corrected chi connectivity index (χ4v) is 4.19. The first kappa shape index (κ1) is 23.2. The van der Waals surface area contributed by atoms with Crippen LogP contribution in [0.25, 0.3) is 10.8 Å². The van der Waals surface area contributed by atoms with Crippen LogP contribution in [0.15, 0.2) is 64.3 Å². The van der Waals surface area contributed by atoms with Crippen molar-refractivity contribution in [3.63, 3.8) is 0 Å². The van der Waals surface area contributed by atoms with E-state index in [9.17, 15) is 22.8 Å². The van der Waals surface area contributed by atoms with Crippen molar-refractivity contribution < 1.29 is 22.7 Å². The van der Waals surface area contributed by atoms with Gasteiger partial charge in [0.2, 0.25) is 10.0 Å². The monoisotopic (exact) mass is 457 g/mol. The number of anilines is 1. The maximum atomic E-state index is 12.4. The molecule has 1 atom stereocenters. The fraction of sp³-hybridized carbons (Fsp3) is 0.227. The molecule has 0 spiro atoms. The Bertz CT molecular complexity index is 1310. The lowest BCUT2D eigenvalue weighted by molar-refractivity contribution is -0.123. The van der Waals surface area contributed by atoms with Gasteiger partial charge in [0, 0.05) is 17.1 Å². The van der Waals surface area contributed by atoms with Crippen LogP contribution in [0.3, 0.4) is 0 Å². The average molecular weight is 458 g/mol. The number of aromatic amines is 1. The Labute approximate surface area is 184 Å². The Morgan fingerprint density at radius 2 is 1.66 bits per heavy atom. The molecular weight excluding hydrogens is 434 g/mol. The molecule has 10 heteroatoms. The third-order valence-corrected chi connectivity index (χ3v) is 6.12. The summed E-state index contributed by atoms with van der Waals surface area (Å²) < 4.78 is 32.0. The van der Waals surface area contributed by atoms with E-state index in [0.29, 0.717) is 16.5 Å². The summed E-state index contributed by atoms with van der Waals surface area (Å²) in [5, 5.41) is 3.56. The summed E-state index contributed by atoms with van der Waals surface area (Å²) in [5.41, 5.74) is -0.171. The summed E-state index contributed by atoms with van der Waals surface area (Å²) in [6, 6.07) is 13.6. The number of carbonyl (C=O) groups is 2. The molecule has 2 aromatic carbocycles. The van der Waals surface area contributed by atoms with E-state index in [4.69, 9.17) is 4.74 Å². The number of rotatable bonds is 7. The van der Waals surface area contributed by atoms with Gasteiger partial charge in [-0.25, -0.2) is 17.9 Å². The molecule has 1 aromatic heterocycles. The molecular formula is C22H23N3O6S. The van der Waals surface area contributed by atoms with Gasteiger partial charge < -0.3 is 15.0 Å². The first-order chi connectivity index (χ1) is 15.1. The van der Waals surface area contributed by atoms with Crippen LogP contribution < -0.4 is 15.6 Å². The van der Waals surface area contributed by atoms with Gasteiger partial charge in [-0.2, -0.15) is 0 Å². The van der Waals surface area contributed by atoms with Gasteiger partial charge >= 0.3 is 5.97 Å². The molecule has 0 saturated carbocycles. The van der Waals surface area contributed by atoms with Crippen molar-refractivity contribution in [3.05, 3.63) is 70.6 Å². The Kier molecular flexibility index (Phi) is 6.75. The third-order valence-electron chi connectivity index (χ3n) is 4.45. The van der Waals surface area contributed by atoms with E-state index in [1.165, 1.54) is 37.3 Å². The molecule has 3 N–H and O–H groups in total. The van der Waals surface area contributed by atoms with Crippen LogP contribution >= 0.6 is 0 Å². The van der Waals surface area contributed by atoms with E-state index >= 15 is 0 Å². The van der Waals surface area contributed by atoms with Gasteiger partial charge in [0.25, 0.3) is 11.5 Å². The number of fused-ring (bicyclic) bond motifs is 1. The van der Waals surface area contributed by atoms with Crippen LogP contribution in [0.2, 0.25) is 0 Å². The van der Waals surface area contributed by atoms with Crippen molar-refractivity contribution in [1.82, 2.24) is 9.71 Å². The average Bonchev–Trinajstić information content (AvgIpc) is 2.73. The molecule has 1 amide bonds. The largest absolute Gasteiger partial charge is 0.448 e. The normalized spacial score (nSPS) is 12.5. The molecule has 3 rings (SSSR count). The highest BCUT2D eigenvalue weighted by atomic mass is 32.2. The number of hydrogen-bond donors (Lipinski definition) is 3. The van der Waals surface area contributed by atoms with Crippen molar-refractivity contribution in [2.45, 2.75) is 37.8 Å². The Hall–Kier alpha value is -3.50. The number of esters is 1. The first-order valence-electron chi connectivity index (χ1n) is 9.83. The zero-order chi connectivity index (χ0) is 23.5. The second kappa shape index (κ2) is 9.33. The lowest BCUT2D eigenvalue weighted by Crippen LogP contribution is -2.31. The van der Waals surface area contributed by atoms with Gasteiger partial charge in [0.05, 0.1) is 4.90 Å². The smallest absolute Gasteiger partial charge is 0.355 e. The number of nitrogens with one attached hydrogen (secondary N) is 3. The Morgan fingerprint density at radius 3 is 2.31 bits per heavy atom. The Balaban J connectivity index is 1.66. The van der Waals surface area contributed by atoms with Crippen LogP contribution in [0.5, 0.6) is 0 Å². The number of H-pyrrole nitrogens is 1. The number of aromatic nitrogens is 1. The van der Waals surface area contributed by atoms with Gasteiger partial charge in [-0.1, -0.05) is 18.2 Å². The van der Waals surface area contributed by atoms with Crippen LogP contribution in [-0.4, -0.2) is 37.4 Å². The SMILES string of the molecule is CC(C)NS(=O)(=O)c1ccc(NC(=O)[C@H](C)OC(=O)c2cc3ccccc3c(=O)[nH]2)cc1. The van der Waals surface area contributed by atoms with Crippen molar-refractivity contribution in [3.8, 4) is 0 Å². The lowest BCUT2D eigenvalue weighted by Gasteiger charge is -2.14. The minimum atomic E-state index is -3.65. The molecule has 0 aliphatic heterocycles. The summed E-state index contributed by atoms with van der Waals surface area (Å²) in [5.74, 6) is -1.46. The third kappa shape index (κ3) is 5.40. The molecule has 0 saturated heterocycles. The predicted octanol–water partition coefficient (Wildman–Crippen LogP) is 2.40. The molecule has 0 aliphatic carbocycles. The van der Waals surface area contributed by atoms with Gasteiger partial charge in [0.15, 0.2) is 6.10 Å². The molecule has 32 heavy (non-hydrogen) atoms. The molecule has 168 valence electrons. The van der Waals surface area contributed by atoms with Crippen molar-refractivity contribution in [1.29, 1.82) is 0 Å². The predicted molar refractivity (Wildman–Crippen MR) is 120 cm³/mol. The summed E-state index contributed by atoms with van der Waals surface area (Å²) in [4.78, 5) is 39.4. The first-order valence-corrected chi connectivity index (χ1v) is 11.3. The summed E-state index contributed by atoms with van der Waals surface area (Å²) in [7, 11) is -3.65. The number of ether oxygens (including phenoxy) is 1. The number of hydrogen-bond acceptors (Lipinski definition) is 6. The van der Waals surface area contributed by atoms with Gasteiger partial charge in [-0.3, -0.25) is 9.59 Å². The molecule has 0 bridgehead atoms. The highest BCUT2D eigenvalue weighted by molar-refractivity contribution is 7.89. The zero-order valence-electron chi connectivity index (χ0n) is 17.7. The van der Waals surface area contributed by atoms with E-state index in [1.807, 2.05) is 0 Å². The highest BCUT2D eigenvalue weighted by Crippen LogP contribution is 2.16. The summed E-state index contributed by atoms with van der Waals surface area (Å²) in [6.07, 6.45) is -1.16. The molecule has 0 aliphatic rings. The zero-order valence-corrected chi connectivity index (χ0v) is 18.5. The van der Waals surface area contributed by atoms with Gasteiger partial charge in [-0.05, 0) is 62.6 Å². The number of amides is 1. The number of carbonyl (C=O) groups excluding carboxylic acids is 2. The topological polar surface area (TPSA) is 134 Å². The van der Waals surface area contributed by atoms with Crippen molar-refractivity contribution in [2.24, 2.45) is 0 Å². The van der Waals surface area contributed by atoms with E-state index in [0.717, 1.165) is 0 Å². The van der Waals surface area contributed by atoms with Crippen LogP contribution in [-0.2, 0) is 19.6 Å². The van der Waals surface area contributed by atoms with Crippen molar-refractivity contribution in [2.75, 3.05) is 5.32 Å². The fourth-order valence-electron chi connectivity index (χ4n) is 2.94. The number of pyridine rings is 1. The van der Waals surface area contributed by atoms with Crippen LogP contribution in [0.1, 0.15) is 31.3 Å². The van der Waals surface area contributed by atoms with E-state index in [2.05, 4.69) is 15.0 Å². The van der Waals surface area contributed by atoms with E-state index in [-0.39, 0.29) is 16.6 Å². The standard InChI is InChI=1S/C22H23N3O6S/c1-13(2)25-32(29,30)17-10-8-16(9-11-17)23-20(26)14(3)31-22(28)19-12-15-6-4-5-7-18(15)21(27)24-19/h4-14,25H,1-3H3,(H,23,26)(H,24,27)/t14-/m0/s1. The molecule has 0 radical (unpaired) electrons. The number of sulfonamides is 1. The van der Waals surface area contributed by atoms with Gasteiger partial charge in [0.1, 0.15) is 5.69 Å². The quantitative estimate of drug-likeness (QED) is 0.467. The van der Waals surface area contributed by atoms with Gasteiger partial charge in [-0.15, -0.1) is 0 Å². The Morgan fingerprint density at radius 1 is 1.00 bits per heavy atom. The minimum absolute atomic E-state index is 0.0592. The molecule has 1 heterocycles. The second-order valence-corrected chi connectivity index (χ2v) is 9.15.